The SMILES string of the molecule is Cl.O=C1Nc2ccccc2CC1CCC(=O)N1CCNCC1c1cccc(Cl)c1. The second kappa shape index (κ2) is 9.61. The fourth-order valence-electron chi connectivity index (χ4n) is 4.10. The Morgan fingerprint density at radius 3 is 2.83 bits per heavy atom. The summed E-state index contributed by atoms with van der Waals surface area (Å²) in [4.78, 5) is 27.3. The number of hydrogen-bond donors (Lipinski definition) is 2. The molecule has 4 rings (SSSR count). The Labute approximate surface area is 182 Å². The Morgan fingerprint density at radius 1 is 1.17 bits per heavy atom. The summed E-state index contributed by atoms with van der Waals surface area (Å²) in [5.74, 6) is -0.0530. The van der Waals surface area contributed by atoms with Gasteiger partial charge in [-0.15, -0.1) is 12.4 Å². The van der Waals surface area contributed by atoms with E-state index in [-0.39, 0.29) is 36.2 Å². The average molecular weight is 434 g/mol. The van der Waals surface area contributed by atoms with Gasteiger partial charge in [-0.2, -0.15) is 0 Å². The van der Waals surface area contributed by atoms with Gasteiger partial charge < -0.3 is 15.5 Å². The summed E-state index contributed by atoms with van der Waals surface area (Å²) >= 11 is 6.14. The van der Waals surface area contributed by atoms with Crippen LogP contribution in [0, 0.1) is 5.92 Å². The van der Waals surface area contributed by atoms with Gasteiger partial charge in [-0.05, 0) is 42.2 Å². The number of fused-ring (bicyclic) bond motifs is 1. The number of benzene rings is 2. The first-order valence-electron chi connectivity index (χ1n) is 9.76. The van der Waals surface area contributed by atoms with Gasteiger partial charge in [0.1, 0.15) is 0 Å². The number of piperazine rings is 1. The standard InChI is InChI=1S/C22H24ClN3O2.ClH/c23-18-6-3-5-16(13-18)20-14-24-10-11-26(20)21(27)9-8-17-12-15-4-1-2-7-19(15)25-22(17)28;/h1-7,13,17,20,24H,8-12,14H2,(H,25,28);1H. The molecule has 0 aromatic heterocycles. The van der Waals surface area contributed by atoms with Crippen molar-refractivity contribution in [1.29, 1.82) is 0 Å². The zero-order valence-electron chi connectivity index (χ0n) is 16.1. The lowest BCUT2D eigenvalue weighted by molar-refractivity contribution is -0.135. The van der Waals surface area contributed by atoms with Crippen LogP contribution in [0.3, 0.4) is 0 Å². The van der Waals surface area contributed by atoms with Crippen molar-refractivity contribution in [2.45, 2.75) is 25.3 Å². The van der Waals surface area contributed by atoms with Crippen LogP contribution >= 0.6 is 24.0 Å². The van der Waals surface area contributed by atoms with E-state index >= 15 is 0 Å². The molecule has 2 unspecified atom stereocenters. The average Bonchev–Trinajstić information content (AvgIpc) is 2.72. The van der Waals surface area contributed by atoms with Crippen LogP contribution in [0.2, 0.25) is 5.02 Å². The van der Waals surface area contributed by atoms with Crippen LogP contribution in [0.4, 0.5) is 5.69 Å². The summed E-state index contributed by atoms with van der Waals surface area (Å²) in [5, 5.41) is 7.00. The summed E-state index contributed by atoms with van der Waals surface area (Å²) in [6.07, 6.45) is 1.62. The van der Waals surface area contributed by atoms with Crippen molar-refractivity contribution in [3.63, 3.8) is 0 Å². The smallest absolute Gasteiger partial charge is 0.227 e. The van der Waals surface area contributed by atoms with Gasteiger partial charge in [0, 0.05) is 42.7 Å². The van der Waals surface area contributed by atoms with E-state index in [0.29, 0.717) is 37.4 Å². The van der Waals surface area contributed by atoms with Crippen LogP contribution in [0.1, 0.15) is 30.0 Å². The van der Waals surface area contributed by atoms with Gasteiger partial charge in [0.2, 0.25) is 11.8 Å². The maximum Gasteiger partial charge on any atom is 0.227 e. The van der Waals surface area contributed by atoms with E-state index in [9.17, 15) is 9.59 Å². The Hall–Kier alpha value is -2.08. The van der Waals surface area contributed by atoms with Crippen molar-refractivity contribution in [1.82, 2.24) is 10.2 Å². The molecule has 29 heavy (non-hydrogen) atoms. The molecular weight excluding hydrogens is 409 g/mol. The zero-order valence-corrected chi connectivity index (χ0v) is 17.6. The minimum atomic E-state index is -0.161. The number of anilines is 1. The summed E-state index contributed by atoms with van der Waals surface area (Å²) in [7, 11) is 0. The minimum Gasteiger partial charge on any atom is -0.333 e. The molecule has 0 bridgehead atoms. The summed E-state index contributed by atoms with van der Waals surface area (Å²) in [6, 6.07) is 15.5. The van der Waals surface area contributed by atoms with Crippen LogP contribution in [0.5, 0.6) is 0 Å². The number of carbonyl (C=O) groups is 2. The second-order valence-corrected chi connectivity index (χ2v) is 7.88. The van der Waals surface area contributed by atoms with Crippen LogP contribution in [-0.4, -0.2) is 36.3 Å². The highest BCUT2D eigenvalue weighted by molar-refractivity contribution is 6.30. The Balaban J connectivity index is 0.00000240. The molecule has 2 atom stereocenters. The predicted molar refractivity (Wildman–Crippen MR) is 118 cm³/mol. The van der Waals surface area contributed by atoms with Crippen molar-refractivity contribution in [2.24, 2.45) is 5.92 Å². The van der Waals surface area contributed by atoms with E-state index in [2.05, 4.69) is 10.6 Å². The normalized spacial score (nSPS) is 21.0. The Kier molecular flexibility index (Phi) is 7.17. The topological polar surface area (TPSA) is 61.4 Å². The molecule has 2 heterocycles. The first kappa shape index (κ1) is 21.6. The van der Waals surface area contributed by atoms with Crippen LogP contribution in [0.25, 0.3) is 0 Å². The van der Waals surface area contributed by atoms with Crippen molar-refractivity contribution >= 4 is 41.5 Å². The molecule has 1 saturated heterocycles. The Bertz CT molecular complexity index is 890. The lowest BCUT2D eigenvalue weighted by Gasteiger charge is -2.37. The van der Waals surface area contributed by atoms with Gasteiger partial charge in [-0.25, -0.2) is 0 Å². The molecule has 2 aliphatic heterocycles. The van der Waals surface area contributed by atoms with Crippen LogP contribution in [-0.2, 0) is 16.0 Å². The summed E-state index contributed by atoms with van der Waals surface area (Å²) in [6.45, 7) is 2.15. The Morgan fingerprint density at radius 2 is 2.00 bits per heavy atom. The number of nitrogens with one attached hydrogen (secondary N) is 2. The fraction of sp³-hybridized carbons (Fsp3) is 0.364. The van der Waals surface area contributed by atoms with Gasteiger partial charge in [-0.3, -0.25) is 9.59 Å². The maximum absolute atomic E-state index is 13.0. The van der Waals surface area contributed by atoms with E-state index in [1.165, 1.54) is 0 Å². The van der Waals surface area contributed by atoms with Gasteiger partial charge in [0.25, 0.3) is 0 Å². The first-order chi connectivity index (χ1) is 13.6. The number of halogens is 2. The lowest BCUT2D eigenvalue weighted by Crippen LogP contribution is -2.48. The van der Waals surface area contributed by atoms with E-state index in [4.69, 9.17) is 11.6 Å². The molecule has 0 saturated carbocycles. The van der Waals surface area contributed by atoms with E-state index in [1.807, 2.05) is 53.4 Å². The highest BCUT2D eigenvalue weighted by Crippen LogP contribution is 2.29. The van der Waals surface area contributed by atoms with Crippen LogP contribution in [0.15, 0.2) is 48.5 Å². The van der Waals surface area contributed by atoms with Gasteiger partial charge >= 0.3 is 0 Å². The van der Waals surface area contributed by atoms with E-state index in [0.717, 1.165) is 23.4 Å². The van der Waals surface area contributed by atoms with Gasteiger partial charge in [0.15, 0.2) is 0 Å². The molecule has 0 aliphatic carbocycles. The van der Waals surface area contributed by atoms with Gasteiger partial charge in [0.05, 0.1) is 6.04 Å². The molecule has 2 aromatic carbocycles. The third-order valence-corrected chi connectivity index (χ3v) is 5.85. The highest BCUT2D eigenvalue weighted by atomic mass is 35.5. The monoisotopic (exact) mass is 433 g/mol. The third kappa shape index (κ3) is 4.92. The number of amides is 2. The molecule has 2 amide bonds. The van der Waals surface area contributed by atoms with Crippen molar-refractivity contribution in [3.05, 3.63) is 64.7 Å². The number of hydrogen-bond acceptors (Lipinski definition) is 3. The molecule has 5 nitrogen and oxygen atoms in total. The molecule has 2 N–H and O–H groups in total. The summed E-state index contributed by atoms with van der Waals surface area (Å²) < 4.78 is 0. The largest absolute Gasteiger partial charge is 0.333 e. The predicted octanol–water partition coefficient (Wildman–Crippen LogP) is 3.83. The molecule has 2 aromatic rings. The van der Waals surface area contributed by atoms with E-state index in [1.54, 1.807) is 0 Å². The molecule has 0 spiro atoms. The third-order valence-electron chi connectivity index (χ3n) is 5.62. The molecule has 2 aliphatic rings. The first-order valence-corrected chi connectivity index (χ1v) is 10.1. The summed E-state index contributed by atoms with van der Waals surface area (Å²) in [5.41, 5.74) is 3.06. The van der Waals surface area contributed by atoms with Gasteiger partial charge in [-0.1, -0.05) is 41.9 Å². The molecule has 7 heteroatoms. The van der Waals surface area contributed by atoms with Crippen molar-refractivity contribution in [3.8, 4) is 0 Å². The van der Waals surface area contributed by atoms with Crippen LogP contribution < -0.4 is 10.6 Å². The number of rotatable bonds is 4. The minimum absolute atomic E-state index is 0. The fourth-order valence-corrected chi connectivity index (χ4v) is 4.30. The van der Waals surface area contributed by atoms with Crippen molar-refractivity contribution in [2.75, 3.05) is 25.0 Å². The molecule has 0 radical (unpaired) electrons. The van der Waals surface area contributed by atoms with E-state index < -0.39 is 0 Å². The van der Waals surface area contributed by atoms with Crippen molar-refractivity contribution < 1.29 is 9.59 Å². The zero-order chi connectivity index (χ0) is 19.5. The highest BCUT2D eigenvalue weighted by Gasteiger charge is 2.30. The lowest BCUT2D eigenvalue weighted by atomic mass is 9.89. The number of carbonyl (C=O) groups excluding carboxylic acids is 2. The number of nitrogens with zero attached hydrogens (tertiary/aromatic N) is 1. The quantitative estimate of drug-likeness (QED) is 0.769. The molecule has 154 valence electrons. The molecular formula is C22H25Cl2N3O2. The maximum atomic E-state index is 13.0. The second-order valence-electron chi connectivity index (χ2n) is 7.45. The number of para-hydroxylation sites is 1. The molecule has 1 fully saturated rings.